The van der Waals surface area contributed by atoms with Crippen LogP contribution in [0.4, 0.5) is 0 Å². The van der Waals surface area contributed by atoms with Crippen LogP contribution in [0.1, 0.15) is 17.6 Å². The van der Waals surface area contributed by atoms with E-state index >= 15 is 0 Å². The number of carbonyl (C=O) groups is 1. The topological polar surface area (TPSA) is 70.6 Å². The zero-order chi connectivity index (χ0) is 17.9. The molecule has 0 aromatic carbocycles. The lowest BCUT2D eigenvalue weighted by atomic mass is 10.4. The van der Waals surface area contributed by atoms with Gasteiger partial charge in [-0.05, 0) is 18.6 Å². The van der Waals surface area contributed by atoms with E-state index in [1.54, 1.807) is 18.4 Å². The maximum Gasteiger partial charge on any atom is 0.252 e. The minimum atomic E-state index is -3.71. The number of hydrogen-bond acceptors (Lipinski definition) is 6. The second kappa shape index (κ2) is 7.92. The first-order valence-electron chi connectivity index (χ1n) is 7.13. The summed E-state index contributed by atoms with van der Waals surface area (Å²) in [6.45, 7) is 2.14. The Morgan fingerprint density at radius 1 is 1.33 bits per heavy atom. The molecule has 0 saturated carbocycles. The molecular weight excluding hydrogens is 390 g/mol. The minimum absolute atomic E-state index is 0.123. The molecule has 0 aliphatic carbocycles. The van der Waals surface area contributed by atoms with Crippen LogP contribution in [0.15, 0.2) is 21.7 Å². The van der Waals surface area contributed by atoms with Crippen LogP contribution in [-0.2, 0) is 27.8 Å². The second-order valence-corrected chi connectivity index (χ2v) is 10.1. The fraction of sp³-hybridized carbons (Fsp3) is 0.429. The Bertz CT molecular complexity index is 816. The fourth-order valence-electron chi connectivity index (χ4n) is 1.90. The number of aryl methyl sites for hydroxylation is 1. The van der Waals surface area contributed by atoms with Crippen LogP contribution in [0.5, 0.6) is 0 Å². The van der Waals surface area contributed by atoms with Gasteiger partial charge in [-0.2, -0.15) is 4.31 Å². The van der Waals surface area contributed by atoms with E-state index in [2.05, 4.69) is 4.98 Å². The Balaban J connectivity index is 1.99. The van der Waals surface area contributed by atoms with Gasteiger partial charge in [0.05, 0.1) is 28.1 Å². The van der Waals surface area contributed by atoms with Gasteiger partial charge in [0, 0.05) is 19.5 Å². The van der Waals surface area contributed by atoms with E-state index in [1.165, 1.54) is 24.1 Å². The molecule has 0 N–H and O–H groups in total. The SMILES string of the molecule is CCc1nc(CN(C)C(=O)CN(C)S(=O)(=O)c2ccc(Cl)s2)cs1. The highest BCUT2D eigenvalue weighted by atomic mass is 35.5. The summed E-state index contributed by atoms with van der Waals surface area (Å²) >= 11 is 8.31. The van der Waals surface area contributed by atoms with Crippen molar-refractivity contribution in [3.8, 4) is 0 Å². The van der Waals surface area contributed by atoms with Crippen molar-refractivity contribution in [2.45, 2.75) is 24.1 Å². The maximum absolute atomic E-state index is 12.4. The van der Waals surface area contributed by atoms with Crippen LogP contribution in [0, 0.1) is 0 Å². The van der Waals surface area contributed by atoms with Crippen LogP contribution in [0.25, 0.3) is 0 Å². The number of thiazole rings is 1. The number of hydrogen-bond donors (Lipinski definition) is 0. The Kier molecular flexibility index (Phi) is 6.38. The number of sulfonamides is 1. The molecule has 2 heterocycles. The molecule has 0 spiro atoms. The van der Waals surface area contributed by atoms with E-state index in [-0.39, 0.29) is 16.7 Å². The molecule has 24 heavy (non-hydrogen) atoms. The molecule has 10 heteroatoms. The van der Waals surface area contributed by atoms with Gasteiger partial charge in [-0.1, -0.05) is 18.5 Å². The van der Waals surface area contributed by atoms with E-state index < -0.39 is 10.0 Å². The lowest BCUT2D eigenvalue weighted by molar-refractivity contribution is -0.130. The average Bonchev–Trinajstić information content (AvgIpc) is 3.16. The molecule has 2 aromatic heterocycles. The largest absolute Gasteiger partial charge is 0.339 e. The van der Waals surface area contributed by atoms with Gasteiger partial charge in [-0.15, -0.1) is 22.7 Å². The Morgan fingerprint density at radius 3 is 2.58 bits per heavy atom. The number of likely N-dealkylation sites (N-methyl/N-ethyl adjacent to an activating group) is 2. The zero-order valence-electron chi connectivity index (χ0n) is 13.5. The number of aromatic nitrogens is 1. The van der Waals surface area contributed by atoms with Crippen molar-refractivity contribution in [1.29, 1.82) is 0 Å². The summed E-state index contributed by atoms with van der Waals surface area (Å²) < 4.78 is 26.3. The summed E-state index contributed by atoms with van der Waals surface area (Å²) in [6, 6.07) is 2.96. The number of halogens is 1. The maximum atomic E-state index is 12.4. The predicted octanol–water partition coefficient (Wildman–Crippen LogP) is 2.70. The van der Waals surface area contributed by atoms with E-state index in [1.807, 2.05) is 12.3 Å². The molecule has 0 fully saturated rings. The van der Waals surface area contributed by atoms with Gasteiger partial charge < -0.3 is 4.90 Å². The molecule has 132 valence electrons. The molecule has 2 rings (SSSR count). The van der Waals surface area contributed by atoms with Crippen molar-refractivity contribution in [2.24, 2.45) is 0 Å². The fourth-order valence-corrected chi connectivity index (χ4v) is 5.45. The van der Waals surface area contributed by atoms with E-state index in [4.69, 9.17) is 11.6 Å². The second-order valence-electron chi connectivity index (χ2n) is 5.16. The summed E-state index contributed by atoms with van der Waals surface area (Å²) in [5.41, 5.74) is 0.809. The third kappa shape index (κ3) is 4.54. The first-order valence-corrected chi connectivity index (χ1v) is 10.6. The predicted molar refractivity (Wildman–Crippen MR) is 97.1 cm³/mol. The van der Waals surface area contributed by atoms with Crippen LogP contribution >= 0.6 is 34.3 Å². The highest BCUT2D eigenvalue weighted by Crippen LogP contribution is 2.27. The van der Waals surface area contributed by atoms with Crippen LogP contribution in [0.2, 0.25) is 4.34 Å². The molecule has 0 saturated heterocycles. The van der Waals surface area contributed by atoms with Gasteiger partial charge in [0.15, 0.2) is 0 Å². The average molecular weight is 408 g/mol. The zero-order valence-corrected chi connectivity index (χ0v) is 16.7. The summed E-state index contributed by atoms with van der Waals surface area (Å²) in [6.07, 6.45) is 0.854. The van der Waals surface area contributed by atoms with E-state index in [0.29, 0.717) is 10.9 Å². The highest BCUT2D eigenvalue weighted by molar-refractivity contribution is 7.91. The van der Waals surface area contributed by atoms with Crippen LogP contribution < -0.4 is 0 Å². The lowest BCUT2D eigenvalue weighted by Gasteiger charge is -2.20. The van der Waals surface area contributed by atoms with Crippen molar-refractivity contribution in [3.05, 3.63) is 32.6 Å². The first-order chi connectivity index (χ1) is 11.2. The minimum Gasteiger partial charge on any atom is -0.339 e. The van der Waals surface area contributed by atoms with Crippen LogP contribution in [0.3, 0.4) is 0 Å². The number of carbonyl (C=O) groups excluding carboxylic acids is 1. The molecule has 2 aromatic rings. The van der Waals surface area contributed by atoms with E-state index in [9.17, 15) is 13.2 Å². The van der Waals surface area contributed by atoms with Crippen molar-refractivity contribution in [1.82, 2.24) is 14.2 Å². The smallest absolute Gasteiger partial charge is 0.252 e. The summed E-state index contributed by atoms with van der Waals surface area (Å²) in [5, 5.41) is 2.93. The number of amides is 1. The monoisotopic (exact) mass is 407 g/mol. The van der Waals surface area contributed by atoms with Crippen molar-refractivity contribution >= 4 is 50.2 Å². The molecule has 0 aliphatic heterocycles. The Labute approximate surface area is 154 Å². The molecule has 6 nitrogen and oxygen atoms in total. The van der Waals surface area contributed by atoms with E-state index in [0.717, 1.165) is 32.8 Å². The number of thiophene rings is 1. The molecule has 0 atom stereocenters. The lowest BCUT2D eigenvalue weighted by Crippen LogP contribution is -2.38. The summed E-state index contributed by atoms with van der Waals surface area (Å²) in [5.74, 6) is -0.297. The third-order valence-corrected chi connectivity index (χ3v) is 7.84. The van der Waals surface area contributed by atoms with Crippen molar-refractivity contribution < 1.29 is 13.2 Å². The molecular formula is C14H18ClN3O3S3. The summed E-state index contributed by atoms with van der Waals surface area (Å²) in [7, 11) is -0.697. The first kappa shape index (κ1) is 19.3. The molecule has 0 unspecified atom stereocenters. The van der Waals surface area contributed by atoms with Crippen molar-refractivity contribution in [2.75, 3.05) is 20.6 Å². The van der Waals surface area contributed by atoms with Gasteiger partial charge in [0.1, 0.15) is 4.21 Å². The third-order valence-electron chi connectivity index (χ3n) is 3.30. The molecule has 0 radical (unpaired) electrons. The Hall–Kier alpha value is -1.000. The Morgan fingerprint density at radius 2 is 2.04 bits per heavy atom. The molecule has 1 amide bonds. The normalized spacial score (nSPS) is 11.9. The standard InChI is InChI=1S/C14H18ClN3O3S3/c1-4-12-16-10(9-22-12)7-17(2)13(19)8-18(3)24(20,21)14-6-5-11(15)23-14/h5-6,9H,4,7-8H2,1-3H3. The molecule has 0 aliphatic rings. The molecule has 0 bridgehead atoms. The van der Waals surface area contributed by atoms with Gasteiger partial charge in [-0.3, -0.25) is 4.79 Å². The van der Waals surface area contributed by atoms with Gasteiger partial charge in [0.2, 0.25) is 5.91 Å². The quantitative estimate of drug-likeness (QED) is 0.707. The number of nitrogens with zero attached hydrogens (tertiary/aromatic N) is 3. The van der Waals surface area contributed by atoms with Gasteiger partial charge in [-0.25, -0.2) is 13.4 Å². The summed E-state index contributed by atoms with van der Waals surface area (Å²) in [4.78, 5) is 18.2. The van der Waals surface area contributed by atoms with Gasteiger partial charge >= 0.3 is 0 Å². The van der Waals surface area contributed by atoms with Crippen LogP contribution in [-0.4, -0.2) is 49.2 Å². The highest BCUT2D eigenvalue weighted by Gasteiger charge is 2.26. The van der Waals surface area contributed by atoms with Crippen molar-refractivity contribution in [3.63, 3.8) is 0 Å². The number of rotatable bonds is 7. The van der Waals surface area contributed by atoms with Gasteiger partial charge in [0.25, 0.3) is 10.0 Å².